The summed E-state index contributed by atoms with van der Waals surface area (Å²) in [6.07, 6.45) is 3.43. The van der Waals surface area contributed by atoms with Gasteiger partial charge in [-0.1, -0.05) is 37.3 Å². The molecule has 2 heteroatoms. The Bertz CT molecular complexity index is 493. The van der Waals surface area contributed by atoms with Gasteiger partial charge in [-0.3, -0.25) is 9.59 Å². The molecule has 1 aromatic carbocycles. The van der Waals surface area contributed by atoms with Crippen LogP contribution in [0.25, 0.3) is 5.57 Å². The predicted octanol–water partition coefficient (Wildman–Crippen LogP) is 2.56. The first-order valence-electron chi connectivity index (χ1n) is 5.28. The maximum atomic E-state index is 12.0. The summed E-state index contributed by atoms with van der Waals surface area (Å²) in [5, 5.41) is 0. The van der Waals surface area contributed by atoms with E-state index in [0.29, 0.717) is 17.6 Å². The van der Waals surface area contributed by atoms with Gasteiger partial charge in [-0.05, 0) is 24.1 Å². The molecule has 0 bridgehead atoms. The topological polar surface area (TPSA) is 34.1 Å². The zero-order valence-electron chi connectivity index (χ0n) is 9.07. The first-order valence-corrected chi connectivity index (χ1v) is 5.28. The van der Waals surface area contributed by atoms with Gasteiger partial charge in [-0.25, -0.2) is 0 Å². The van der Waals surface area contributed by atoms with E-state index < -0.39 is 0 Å². The summed E-state index contributed by atoms with van der Waals surface area (Å²) in [6, 6.07) is 9.29. The molecule has 0 saturated heterocycles. The number of hydrogen-bond donors (Lipinski definition) is 0. The predicted molar refractivity (Wildman–Crippen MR) is 62.8 cm³/mol. The number of rotatable bonds is 2. The minimum atomic E-state index is -0.102. The average Bonchev–Trinajstić information content (AvgIpc) is 2.33. The molecule has 2 nitrogen and oxygen atoms in total. The van der Waals surface area contributed by atoms with Crippen LogP contribution in [0.4, 0.5) is 0 Å². The normalized spacial score (nSPS) is 15.8. The molecule has 2 rings (SSSR count). The average molecular weight is 212 g/mol. The van der Waals surface area contributed by atoms with E-state index in [2.05, 4.69) is 0 Å². The van der Waals surface area contributed by atoms with Crippen molar-refractivity contribution < 1.29 is 9.59 Å². The summed E-state index contributed by atoms with van der Waals surface area (Å²) in [5.41, 5.74) is 1.90. The maximum Gasteiger partial charge on any atom is 0.189 e. The number of carbonyl (C=O) groups is 2. The van der Waals surface area contributed by atoms with Crippen molar-refractivity contribution in [3.8, 4) is 0 Å². The largest absolute Gasteiger partial charge is 0.290 e. The van der Waals surface area contributed by atoms with Crippen LogP contribution >= 0.6 is 0 Å². The van der Waals surface area contributed by atoms with Crippen LogP contribution in [-0.2, 0) is 9.59 Å². The Hall–Kier alpha value is -1.96. The monoisotopic (exact) mass is 212 g/mol. The first-order chi connectivity index (χ1) is 7.72. The Labute approximate surface area is 94.3 Å². The van der Waals surface area contributed by atoms with Gasteiger partial charge >= 0.3 is 0 Å². The fourth-order valence-electron chi connectivity index (χ4n) is 1.75. The van der Waals surface area contributed by atoms with Crippen LogP contribution in [-0.4, -0.2) is 11.6 Å². The summed E-state index contributed by atoms with van der Waals surface area (Å²) < 4.78 is 0. The molecule has 0 atom stereocenters. The van der Waals surface area contributed by atoms with E-state index in [1.165, 1.54) is 12.2 Å². The van der Waals surface area contributed by atoms with Gasteiger partial charge in [-0.15, -0.1) is 0 Å². The summed E-state index contributed by atoms with van der Waals surface area (Å²) in [4.78, 5) is 23.5. The second kappa shape index (κ2) is 4.27. The van der Waals surface area contributed by atoms with Crippen LogP contribution in [0.5, 0.6) is 0 Å². The zero-order valence-corrected chi connectivity index (χ0v) is 9.07. The van der Waals surface area contributed by atoms with Crippen molar-refractivity contribution >= 4 is 17.1 Å². The van der Waals surface area contributed by atoms with E-state index >= 15 is 0 Å². The van der Waals surface area contributed by atoms with Crippen molar-refractivity contribution in [1.82, 2.24) is 0 Å². The molecule has 0 N–H and O–H groups in total. The highest BCUT2D eigenvalue weighted by atomic mass is 16.1. The molecule has 0 radical (unpaired) electrons. The molecular weight excluding hydrogens is 200 g/mol. The molecule has 0 fully saturated rings. The third-order valence-electron chi connectivity index (χ3n) is 2.61. The van der Waals surface area contributed by atoms with E-state index in [4.69, 9.17) is 0 Å². The van der Waals surface area contributed by atoms with E-state index in [1.807, 2.05) is 37.3 Å². The number of allylic oxidation sites excluding steroid dienone is 4. The van der Waals surface area contributed by atoms with Crippen molar-refractivity contribution in [1.29, 1.82) is 0 Å². The highest BCUT2D eigenvalue weighted by Gasteiger charge is 2.21. The lowest BCUT2D eigenvalue weighted by atomic mass is 9.90. The second-order valence-corrected chi connectivity index (χ2v) is 3.68. The molecule has 16 heavy (non-hydrogen) atoms. The number of Topliss-reactive ketones (excluding diaryl/α,β-unsaturated/α-hetero) is 1. The van der Waals surface area contributed by atoms with Gasteiger partial charge in [0.1, 0.15) is 0 Å². The lowest BCUT2D eigenvalue weighted by molar-refractivity contribution is -0.114. The number of ketones is 2. The Morgan fingerprint density at radius 3 is 2.31 bits per heavy atom. The Kier molecular flexibility index (Phi) is 2.82. The van der Waals surface area contributed by atoms with Crippen molar-refractivity contribution in [3.63, 3.8) is 0 Å². The van der Waals surface area contributed by atoms with E-state index in [1.54, 1.807) is 0 Å². The summed E-state index contributed by atoms with van der Waals surface area (Å²) in [5.74, 6) is -0.136. The number of benzene rings is 1. The van der Waals surface area contributed by atoms with Gasteiger partial charge in [0.2, 0.25) is 0 Å². The van der Waals surface area contributed by atoms with Crippen LogP contribution < -0.4 is 0 Å². The van der Waals surface area contributed by atoms with Crippen LogP contribution in [0.3, 0.4) is 0 Å². The lowest BCUT2D eigenvalue weighted by Crippen LogP contribution is -2.12. The molecule has 1 aromatic rings. The molecule has 0 heterocycles. The van der Waals surface area contributed by atoms with Crippen LogP contribution in [0, 0.1) is 0 Å². The van der Waals surface area contributed by atoms with E-state index in [0.717, 1.165) is 5.56 Å². The van der Waals surface area contributed by atoms with Crippen LogP contribution in [0.2, 0.25) is 0 Å². The van der Waals surface area contributed by atoms with Crippen molar-refractivity contribution in [2.75, 3.05) is 0 Å². The number of hydrogen-bond acceptors (Lipinski definition) is 2. The lowest BCUT2D eigenvalue weighted by Gasteiger charge is -2.12. The summed E-state index contributed by atoms with van der Waals surface area (Å²) in [6.45, 7) is 1.88. The molecule has 0 unspecified atom stereocenters. The van der Waals surface area contributed by atoms with Gasteiger partial charge < -0.3 is 0 Å². The summed E-state index contributed by atoms with van der Waals surface area (Å²) in [7, 11) is 0. The SMILES string of the molecule is CCC1=CC(=O)C=C(c2ccccc2)C1=O. The highest BCUT2D eigenvalue weighted by molar-refractivity contribution is 6.36. The molecule has 0 amide bonds. The standard InChI is InChI=1S/C14H12O2/c1-2-10-8-12(15)9-13(14(10)16)11-6-4-3-5-7-11/h3-9H,2H2,1H3. The van der Waals surface area contributed by atoms with Crippen LogP contribution in [0.15, 0.2) is 48.1 Å². The molecule has 1 aliphatic rings. The van der Waals surface area contributed by atoms with Gasteiger partial charge in [0.25, 0.3) is 0 Å². The Balaban J connectivity index is 2.44. The third kappa shape index (κ3) is 1.87. The molecular formula is C14H12O2. The van der Waals surface area contributed by atoms with Gasteiger partial charge in [-0.2, -0.15) is 0 Å². The molecule has 0 aromatic heterocycles. The van der Waals surface area contributed by atoms with Gasteiger partial charge in [0.05, 0.1) is 0 Å². The fraction of sp³-hybridized carbons (Fsp3) is 0.143. The van der Waals surface area contributed by atoms with Gasteiger partial charge in [0, 0.05) is 11.1 Å². The zero-order chi connectivity index (χ0) is 11.5. The van der Waals surface area contributed by atoms with Crippen molar-refractivity contribution in [2.24, 2.45) is 0 Å². The summed E-state index contributed by atoms with van der Waals surface area (Å²) >= 11 is 0. The quantitative estimate of drug-likeness (QED) is 0.706. The number of carbonyl (C=O) groups excluding carboxylic acids is 2. The first kappa shape index (κ1) is 10.6. The highest BCUT2D eigenvalue weighted by Crippen LogP contribution is 2.24. The van der Waals surface area contributed by atoms with Crippen molar-refractivity contribution in [3.05, 3.63) is 53.6 Å². The molecule has 1 aliphatic carbocycles. The second-order valence-electron chi connectivity index (χ2n) is 3.68. The Morgan fingerprint density at radius 2 is 1.69 bits per heavy atom. The Morgan fingerprint density at radius 1 is 1.00 bits per heavy atom. The van der Waals surface area contributed by atoms with Crippen LogP contribution in [0.1, 0.15) is 18.9 Å². The molecule has 0 aliphatic heterocycles. The maximum absolute atomic E-state index is 12.0. The molecule has 0 saturated carbocycles. The van der Waals surface area contributed by atoms with Gasteiger partial charge in [0.15, 0.2) is 11.6 Å². The minimum absolute atomic E-state index is 0.0340. The minimum Gasteiger partial charge on any atom is -0.290 e. The van der Waals surface area contributed by atoms with E-state index in [-0.39, 0.29) is 11.6 Å². The van der Waals surface area contributed by atoms with Crippen molar-refractivity contribution in [2.45, 2.75) is 13.3 Å². The van der Waals surface area contributed by atoms with E-state index in [9.17, 15) is 9.59 Å². The molecule has 0 spiro atoms. The smallest absolute Gasteiger partial charge is 0.189 e. The third-order valence-corrected chi connectivity index (χ3v) is 2.61. The fourth-order valence-corrected chi connectivity index (χ4v) is 1.75. The molecule has 80 valence electrons.